The first kappa shape index (κ1) is 18.8. The van der Waals surface area contributed by atoms with Crippen LogP contribution in [0.25, 0.3) is 0 Å². The molecule has 0 saturated carbocycles. The second-order valence-corrected chi connectivity index (χ2v) is 5.27. The van der Waals surface area contributed by atoms with Gasteiger partial charge in [-0.3, -0.25) is 4.79 Å². The minimum Gasteiger partial charge on any atom is -0.489 e. The van der Waals surface area contributed by atoms with Crippen LogP contribution in [0.4, 0.5) is 0 Å². The summed E-state index contributed by atoms with van der Waals surface area (Å²) in [6.45, 7) is 9.93. The number of likely N-dealkylation sites (N-methyl/N-ethyl adjacent to an activating group) is 1. The van der Waals surface area contributed by atoms with Gasteiger partial charge in [-0.05, 0) is 45.4 Å². The molecule has 0 bridgehead atoms. The van der Waals surface area contributed by atoms with Gasteiger partial charge >= 0.3 is 0 Å². The molecule has 0 aliphatic rings. The van der Waals surface area contributed by atoms with Crippen molar-refractivity contribution in [2.75, 3.05) is 26.2 Å². The van der Waals surface area contributed by atoms with Gasteiger partial charge in [-0.1, -0.05) is 12.1 Å². The first-order chi connectivity index (χ1) is 11.0. The van der Waals surface area contributed by atoms with E-state index in [2.05, 4.69) is 20.9 Å². The second-order valence-electron chi connectivity index (χ2n) is 5.27. The zero-order chi connectivity index (χ0) is 17.1. The van der Waals surface area contributed by atoms with Crippen molar-refractivity contribution in [3.05, 3.63) is 29.8 Å². The Labute approximate surface area is 138 Å². The van der Waals surface area contributed by atoms with Crippen LogP contribution in [0, 0.1) is 6.92 Å². The second kappa shape index (κ2) is 10.5. The molecule has 0 spiro atoms. The zero-order valence-corrected chi connectivity index (χ0v) is 14.5. The molecule has 0 saturated heterocycles. The fraction of sp³-hybridized carbons (Fsp3) is 0.529. The highest BCUT2D eigenvalue weighted by Gasteiger charge is 2.06. The van der Waals surface area contributed by atoms with Crippen molar-refractivity contribution >= 4 is 11.9 Å². The Hall–Kier alpha value is -2.24. The van der Waals surface area contributed by atoms with Crippen molar-refractivity contribution in [2.24, 2.45) is 4.99 Å². The van der Waals surface area contributed by atoms with Gasteiger partial charge in [-0.15, -0.1) is 0 Å². The number of carbonyl (C=O) groups excluding carboxylic acids is 1. The Balaban J connectivity index is 2.47. The van der Waals surface area contributed by atoms with Crippen LogP contribution < -0.4 is 20.7 Å². The van der Waals surface area contributed by atoms with E-state index in [0.717, 1.165) is 12.3 Å². The average Bonchev–Trinajstić information content (AvgIpc) is 2.50. The SMILES string of the molecule is CCNC(=O)CN=C(NCC)NCC(C)Oc1cccc(C)c1. The van der Waals surface area contributed by atoms with E-state index in [1.807, 2.05) is 52.0 Å². The largest absolute Gasteiger partial charge is 0.489 e. The number of ether oxygens (including phenoxy) is 1. The van der Waals surface area contributed by atoms with Crippen LogP contribution in [-0.2, 0) is 4.79 Å². The predicted molar refractivity (Wildman–Crippen MR) is 93.9 cm³/mol. The van der Waals surface area contributed by atoms with Crippen LogP contribution in [0.2, 0.25) is 0 Å². The molecule has 6 heteroatoms. The normalized spacial score (nSPS) is 12.4. The zero-order valence-electron chi connectivity index (χ0n) is 14.5. The molecule has 0 aliphatic heterocycles. The Morgan fingerprint density at radius 1 is 1.22 bits per heavy atom. The Bertz CT molecular complexity index is 517. The van der Waals surface area contributed by atoms with Crippen LogP contribution in [0.3, 0.4) is 0 Å². The molecule has 0 heterocycles. The van der Waals surface area contributed by atoms with Gasteiger partial charge in [0.15, 0.2) is 5.96 Å². The monoisotopic (exact) mass is 320 g/mol. The highest BCUT2D eigenvalue weighted by Crippen LogP contribution is 2.13. The van der Waals surface area contributed by atoms with Crippen molar-refractivity contribution in [2.45, 2.75) is 33.8 Å². The van der Waals surface area contributed by atoms with Crippen LogP contribution in [0.5, 0.6) is 5.75 Å². The van der Waals surface area contributed by atoms with Crippen molar-refractivity contribution in [3.63, 3.8) is 0 Å². The number of aryl methyl sites for hydroxylation is 1. The van der Waals surface area contributed by atoms with Gasteiger partial charge in [0.1, 0.15) is 18.4 Å². The lowest BCUT2D eigenvalue weighted by Gasteiger charge is -2.18. The number of benzene rings is 1. The molecule has 0 aromatic heterocycles. The summed E-state index contributed by atoms with van der Waals surface area (Å²) in [7, 11) is 0. The summed E-state index contributed by atoms with van der Waals surface area (Å²) in [6.07, 6.45) is -0.0230. The lowest BCUT2D eigenvalue weighted by atomic mass is 10.2. The van der Waals surface area contributed by atoms with Gasteiger partial charge in [-0.2, -0.15) is 0 Å². The van der Waals surface area contributed by atoms with Gasteiger partial charge in [0, 0.05) is 13.1 Å². The summed E-state index contributed by atoms with van der Waals surface area (Å²) in [4.78, 5) is 15.7. The number of hydrogen-bond donors (Lipinski definition) is 3. The van der Waals surface area contributed by atoms with E-state index in [9.17, 15) is 4.79 Å². The maximum Gasteiger partial charge on any atom is 0.241 e. The van der Waals surface area contributed by atoms with Gasteiger partial charge in [0.2, 0.25) is 5.91 Å². The predicted octanol–water partition coefficient (Wildman–Crippen LogP) is 1.45. The number of aliphatic imine (C=N–C) groups is 1. The number of amides is 1. The Morgan fingerprint density at radius 2 is 1.96 bits per heavy atom. The smallest absolute Gasteiger partial charge is 0.241 e. The van der Waals surface area contributed by atoms with Gasteiger partial charge < -0.3 is 20.7 Å². The number of guanidine groups is 1. The molecule has 1 aromatic carbocycles. The molecule has 0 radical (unpaired) electrons. The fourth-order valence-corrected chi connectivity index (χ4v) is 1.95. The maximum atomic E-state index is 11.5. The van der Waals surface area contributed by atoms with Crippen LogP contribution in [0.15, 0.2) is 29.3 Å². The highest BCUT2D eigenvalue weighted by atomic mass is 16.5. The van der Waals surface area contributed by atoms with E-state index in [0.29, 0.717) is 19.0 Å². The lowest BCUT2D eigenvalue weighted by molar-refractivity contribution is -0.119. The van der Waals surface area contributed by atoms with Crippen LogP contribution >= 0.6 is 0 Å². The molecule has 1 rings (SSSR count). The molecule has 1 aromatic rings. The lowest BCUT2D eigenvalue weighted by Crippen LogP contribution is -2.42. The third-order valence-electron chi connectivity index (χ3n) is 2.98. The van der Waals surface area contributed by atoms with E-state index in [4.69, 9.17) is 4.74 Å². The minimum absolute atomic E-state index is 0.0230. The molecule has 23 heavy (non-hydrogen) atoms. The van der Waals surface area contributed by atoms with Crippen molar-refractivity contribution in [3.8, 4) is 5.75 Å². The fourth-order valence-electron chi connectivity index (χ4n) is 1.95. The number of rotatable bonds is 8. The van der Waals surface area contributed by atoms with Crippen molar-refractivity contribution in [1.82, 2.24) is 16.0 Å². The number of nitrogens with zero attached hydrogens (tertiary/aromatic N) is 1. The number of nitrogens with one attached hydrogen (secondary N) is 3. The minimum atomic E-state index is -0.0891. The molecule has 0 fully saturated rings. The average molecular weight is 320 g/mol. The van der Waals surface area contributed by atoms with E-state index >= 15 is 0 Å². The van der Waals surface area contributed by atoms with E-state index in [1.54, 1.807) is 0 Å². The van der Waals surface area contributed by atoms with Gasteiger partial charge in [0.05, 0.1) is 6.54 Å². The van der Waals surface area contributed by atoms with Crippen molar-refractivity contribution < 1.29 is 9.53 Å². The quantitative estimate of drug-likeness (QED) is 0.501. The molecule has 128 valence electrons. The Morgan fingerprint density at radius 3 is 2.61 bits per heavy atom. The summed E-state index contributed by atoms with van der Waals surface area (Å²) in [5.41, 5.74) is 1.17. The van der Waals surface area contributed by atoms with Crippen molar-refractivity contribution in [1.29, 1.82) is 0 Å². The molecular formula is C17H28N4O2. The highest BCUT2D eigenvalue weighted by molar-refractivity contribution is 5.84. The third kappa shape index (κ3) is 8.09. The summed E-state index contributed by atoms with van der Waals surface area (Å²) in [5.74, 6) is 1.37. The molecule has 1 amide bonds. The van der Waals surface area contributed by atoms with Crippen LogP contribution in [-0.4, -0.2) is 44.1 Å². The van der Waals surface area contributed by atoms with E-state index in [-0.39, 0.29) is 18.6 Å². The molecule has 0 aliphatic carbocycles. The summed E-state index contributed by atoms with van der Waals surface area (Å²) in [5, 5.41) is 9.02. The topological polar surface area (TPSA) is 74.8 Å². The maximum absolute atomic E-state index is 11.5. The number of hydrogen-bond acceptors (Lipinski definition) is 3. The summed E-state index contributed by atoms with van der Waals surface area (Å²) < 4.78 is 5.86. The molecule has 1 atom stereocenters. The molecule has 1 unspecified atom stereocenters. The van der Waals surface area contributed by atoms with Crippen LogP contribution in [0.1, 0.15) is 26.3 Å². The first-order valence-corrected chi connectivity index (χ1v) is 8.07. The molecule has 6 nitrogen and oxygen atoms in total. The molecule has 3 N–H and O–H groups in total. The Kier molecular flexibility index (Phi) is 8.57. The third-order valence-corrected chi connectivity index (χ3v) is 2.98. The van der Waals surface area contributed by atoms with E-state index < -0.39 is 0 Å². The summed E-state index contributed by atoms with van der Waals surface area (Å²) >= 11 is 0. The van der Waals surface area contributed by atoms with E-state index in [1.165, 1.54) is 5.56 Å². The molecular weight excluding hydrogens is 292 g/mol. The van der Waals surface area contributed by atoms with Gasteiger partial charge in [-0.25, -0.2) is 4.99 Å². The summed E-state index contributed by atoms with van der Waals surface area (Å²) in [6, 6.07) is 7.96. The standard InChI is InChI=1S/C17H28N4O2/c1-5-18-16(22)12-21-17(19-6-2)20-11-14(4)23-15-9-7-8-13(3)10-15/h7-10,14H,5-6,11-12H2,1-4H3,(H,18,22)(H2,19,20,21). The van der Waals surface area contributed by atoms with Gasteiger partial charge in [0.25, 0.3) is 0 Å². The first-order valence-electron chi connectivity index (χ1n) is 8.07. The number of carbonyl (C=O) groups is 1.